The van der Waals surface area contributed by atoms with Gasteiger partial charge in [0.1, 0.15) is 5.92 Å². The number of esters is 1. The summed E-state index contributed by atoms with van der Waals surface area (Å²) in [6.45, 7) is 5.82. The van der Waals surface area contributed by atoms with Crippen LogP contribution >= 0.6 is 23.4 Å². The first-order valence-electron chi connectivity index (χ1n) is 10.5. The normalized spacial score (nSPS) is 17.6. The van der Waals surface area contributed by atoms with Crippen LogP contribution in [0.3, 0.4) is 0 Å². The van der Waals surface area contributed by atoms with E-state index in [1.807, 2.05) is 32.9 Å². The van der Waals surface area contributed by atoms with Gasteiger partial charge in [0.15, 0.2) is 0 Å². The molecule has 2 atom stereocenters. The molecule has 0 spiro atoms. The van der Waals surface area contributed by atoms with Gasteiger partial charge in [0.2, 0.25) is 11.8 Å². The Morgan fingerprint density at radius 3 is 2.44 bits per heavy atom. The molecule has 0 saturated carbocycles. The number of ether oxygens (including phenoxy) is 1. The van der Waals surface area contributed by atoms with E-state index in [1.54, 1.807) is 24.3 Å². The number of nitriles is 1. The van der Waals surface area contributed by atoms with Crippen LogP contribution in [0.25, 0.3) is 0 Å². The Hall–Kier alpha value is -3.28. The third-order valence-electron chi connectivity index (χ3n) is 5.51. The maximum Gasteiger partial charge on any atom is 0.319 e. The van der Waals surface area contributed by atoms with Gasteiger partial charge in [-0.05, 0) is 43.5 Å². The lowest BCUT2D eigenvalue weighted by atomic mass is 9.78. The molecule has 0 saturated heterocycles. The van der Waals surface area contributed by atoms with Gasteiger partial charge in [-0.3, -0.25) is 14.4 Å². The summed E-state index contributed by atoms with van der Waals surface area (Å²) < 4.78 is 4.83. The van der Waals surface area contributed by atoms with Gasteiger partial charge in [0.25, 0.3) is 0 Å². The van der Waals surface area contributed by atoms with Crippen molar-refractivity contribution >= 4 is 46.8 Å². The highest BCUT2D eigenvalue weighted by atomic mass is 35.5. The monoisotopic (exact) mass is 497 g/mol. The summed E-state index contributed by atoms with van der Waals surface area (Å²) in [5.74, 6) is -3.96. The summed E-state index contributed by atoms with van der Waals surface area (Å²) in [5.41, 5.74) is 4.32. The second-order valence-corrected chi connectivity index (χ2v) is 9.35. The summed E-state index contributed by atoms with van der Waals surface area (Å²) in [7, 11) is 1.18. The van der Waals surface area contributed by atoms with Crippen molar-refractivity contribution in [3.05, 3.63) is 74.3 Å². The number of allylic oxidation sites excluding steroid dienone is 1. The van der Waals surface area contributed by atoms with Gasteiger partial charge in [0.05, 0.1) is 29.5 Å². The number of amides is 2. The van der Waals surface area contributed by atoms with E-state index in [9.17, 15) is 19.6 Å². The standard InChI is InChI=1S/C25H24ClN3O4S/c1-13-9-14(2)22(15(3)10-13)28-19(30)12-34-24-17(11-27)20(16-7-5-6-8-18(16)26)21(23(31)29-24)25(32)33-4/h5-10,20-21H,12H2,1-4H3,(H,28,30)(H,29,31). The number of thioether (sulfide) groups is 1. The van der Waals surface area contributed by atoms with E-state index in [-0.39, 0.29) is 22.3 Å². The number of rotatable bonds is 6. The summed E-state index contributed by atoms with van der Waals surface area (Å²) in [5, 5.41) is 16.0. The minimum Gasteiger partial charge on any atom is -0.468 e. The quantitative estimate of drug-likeness (QED) is 0.453. The average Bonchev–Trinajstić information content (AvgIpc) is 2.79. The van der Waals surface area contributed by atoms with Crippen LogP contribution in [0, 0.1) is 38.0 Å². The predicted molar refractivity (Wildman–Crippen MR) is 132 cm³/mol. The Morgan fingerprint density at radius 1 is 1.21 bits per heavy atom. The summed E-state index contributed by atoms with van der Waals surface area (Å²) in [6, 6.07) is 12.8. The van der Waals surface area contributed by atoms with Crippen molar-refractivity contribution in [3.63, 3.8) is 0 Å². The van der Waals surface area contributed by atoms with Crippen LogP contribution in [0.4, 0.5) is 5.69 Å². The first-order valence-corrected chi connectivity index (χ1v) is 11.8. The first kappa shape index (κ1) is 25.3. The average molecular weight is 498 g/mol. The molecule has 2 amide bonds. The highest BCUT2D eigenvalue weighted by Gasteiger charge is 2.45. The molecule has 1 aliphatic heterocycles. The lowest BCUT2D eigenvalue weighted by molar-refractivity contribution is -0.150. The van der Waals surface area contributed by atoms with Gasteiger partial charge in [0, 0.05) is 16.6 Å². The van der Waals surface area contributed by atoms with E-state index in [1.165, 1.54) is 7.11 Å². The molecule has 2 aromatic rings. The van der Waals surface area contributed by atoms with Crippen LogP contribution in [0.15, 0.2) is 47.0 Å². The lowest BCUT2D eigenvalue weighted by Gasteiger charge is -2.31. The van der Waals surface area contributed by atoms with Crippen LogP contribution in [0.2, 0.25) is 5.02 Å². The third-order valence-corrected chi connectivity index (χ3v) is 6.87. The zero-order valence-electron chi connectivity index (χ0n) is 19.2. The molecule has 0 radical (unpaired) electrons. The van der Waals surface area contributed by atoms with E-state index >= 15 is 0 Å². The number of hydrogen-bond acceptors (Lipinski definition) is 6. The lowest BCUT2D eigenvalue weighted by Crippen LogP contribution is -2.44. The molecule has 2 unspecified atom stereocenters. The van der Waals surface area contributed by atoms with E-state index < -0.39 is 23.7 Å². The van der Waals surface area contributed by atoms with E-state index in [2.05, 4.69) is 16.7 Å². The molecular formula is C25H24ClN3O4S. The molecular weight excluding hydrogens is 474 g/mol. The number of carbonyl (C=O) groups is 3. The summed E-state index contributed by atoms with van der Waals surface area (Å²) >= 11 is 7.38. The smallest absolute Gasteiger partial charge is 0.319 e. The molecule has 0 aromatic heterocycles. The summed E-state index contributed by atoms with van der Waals surface area (Å²) in [6.07, 6.45) is 0. The van der Waals surface area contributed by atoms with Crippen molar-refractivity contribution in [1.29, 1.82) is 5.26 Å². The number of halogens is 1. The van der Waals surface area contributed by atoms with E-state index in [0.29, 0.717) is 10.6 Å². The van der Waals surface area contributed by atoms with Crippen molar-refractivity contribution in [2.45, 2.75) is 26.7 Å². The molecule has 0 aliphatic carbocycles. The Labute approximate surface area is 207 Å². The summed E-state index contributed by atoms with van der Waals surface area (Å²) in [4.78, 5) is 38.1. The second kappa shape index (κ2) is 10.8. The van der Waals surface area contributed by atoms with Crippen LogP contribution in [-0.4, -0.2) is 30.6 Å². The van der Waals surface area contributed by atoms with Crippen molar-refractivity contribution in [2.75, 3.05) is 18.2 Å². The molecule has 0 fully saturated rings. The minimum absolute atomic E-state index is 0.0499. The fourth-order valence-electron chi connectivity index (χ4n) is 4.07. The van der Waals surface area contributed by atoms with Crippen LogP contribution in [-0.2, 0) is 19.1 Å². The molecule has 7 nitrogen and oxygen atoms in total. The molecule has 9 heteroatoms. The molecule has 1 heterocycles. The van der Waals surface area contributed by atoms with E-state index in [4.69, 9.17) is 16.3 Å². The highest BCUT2D eigenvalue weighted by Crippen LogP contribution is 2.42. The fraction of sp³-hybridized carbons (Fsp3) is 0.280. The number of benzene rings is 2. The Kier molecular flexibility index (Phi) is 8.02. The highest BCUT2D eigenvalue weighted by molar-refractivity contribution is 8.03. The Bertz CT molecular complexity index is 1210. The van der Waals surface area contributed by atoms with Crippen LogP contribution < -0.4 is 10.6 Å². The van der Waals surface area contributed by atoms with Crippen molar-refractivity contribution in [3.8, 4) is 6.07 Å². The molecule has 3 rings (SSSR count). The van der Waals surface area contributed by atoms with Gasteiger partial charge in [-0.15, -0.1) is 0 Å². The Morgan fingerprint density at radius 2 is 1.85 bits per heavy atom. The van der Waals surface area contributed by atoms with E-state index in [0.717, 1.165) is 34.1 Å². The van der Waals surface area contributed by atoms with Gasteiger partial charge >= 0.3 is 5.97 Å². The zero-order chi connectivity index (χ0) is 25.0. The molecule has 1 aliphatic rings. The SMILES string of the molecule is COC(=O)C1C(=O)NC(SCC(=O)Nc2c(C)cc(C)cc2C)=C(C#N)C1c1ccccc1Cl. The van der Waals surface area contributed by atoms with Crippen molar-refractivity contribution in [2.24, 2.45) is 5.92 Å². The van der Waals surface area contributed by atoms with Gasteiger partial charge < -0.3 is 15.4 Å². The van der Waals surface area contributed by atoms with Crippen LogP contribution in [0.1, 0.15) is 28.2 Å². The molecule has 34 heavy (non-hydrogen) atoms. The molecule has 2 N–H and O–H groups in total. The number of methoxy groups -OCH3 is 1. The number of hydrogen-bond donors (Lipinski definition) is 2. The van der Waals surface area contributed by atoms with Crippen LogP contribution in [0.5, 0.6) is 0 Å². The number of nitrogens with zero attached hydrogens (tertiary/aromatic N) is 1. The maximum atomic E-state index is 12.9. The molecule has 2 aromatic carbocycles. The zero-order valence-corrected chi connectivity index (χ0v) is 20.8. The number of nitrogens with one attached hydrogen (secondary N) is 2. The predicted octanol–water partition coefficient (Wildman–Crippen LogP) is 4.37. The maximum absolute atomic E-state index is 12.9. The number of aryl methyl sites for hydroxylation is 3. The topological polar surface area (TPSA) is 108 Å². The van der Waals surface area contributed by atoms with Gasteiger partial charge in [-0.1, -0.05) is 59.3 Å². The number of anilines is 1. The minimum atomic E-state index is -1.28. The van der Waals surface area contributed by atoms with Gasteiger partial charge in [-0.2, -0.15) is 5.26 Å². The third kappa shape index (κ3) is 5.27. The van der Waals surface area contributed by atoms with Crippen molar-refractivity contribution in [1.82, 2.24) is 5.32 Å². The Balaban J connectivity index is 1.91. The van der Waals surface area contributed by atoms with Crippen molar-refractivity contribution < 1.29 is 19.1 Å². The number of carbonyl (C=O) groups excluding carboxylic acids is 3. The molecule has 176 valence electrons. The first-order chi connectivity index (χ1) is 16.2. The second-order valence-electron chi connectivity index (χ2n) is 7.95. The largest absolute Gasteiger partial charge is 0.468 e. The van der Waals surface area contributed by atoms with Gasteiger partial charge in [-0.25, -0.2) is 0 Å². The fourth-order valence-corrected chi connectivity index (χ4v) is 5.18. The molecule has 0 bridgehead atoms.